The molecule has 0 spiro atoms. The molecule has 0 bridgehead atoms. The molecule has 8 nitrogen and oxygen atoms in total. The van der Waals surface area contributed by atoms with Gasteiger partial charge >= 0.3 is 0 Å². The van der Waals surface area contributed by atoms with Crippen LogP contribution in [0, 0.1) is 0 Å². The van der Waals surface area contributed by atoms with Gasteiger partial charge in [-0.05, 0) is 11.6 Å². The van der Waals surface area contributed by atoms with Gasteiger partial charge in [0.05, 0.1) is 0 Å². The van der Waals surface area contributed by atoms with Crippen LogP contribution in [0.4, 0.5) is 17.8 Å². The highest BCUT2D eigenvalue weighted by molar-refractivity contribution is 5.43. The maximum atomic E-state index is 5.39. The molecule has 0 fully saturated rings. The Kier molecular flexibility index (Phi) is 4.26. The van der Waals surface area contributed by atoms with Crippen molar-refractivity contribution in [2.24, 2.45) is 5.84 Å². The number of anilines is 3. The molecule has 0 unspecified atom stereocenters. The van der Waals surface area contributed by atoms with Crippen LogP contribution in [0.1, 0.15) is 5.56 Å². The van der Waals surface area contributed by atoms with E-state index in [9.17, 15) is 0 Å². The van der Waals surface area contributed by atoms with Gasteiger partial charge in [0.25, 0.3) is 0 Å². The maximum absolute atomic E-state index is 5.39. The van der Waals surface area contributed by atoms with Gasteiger partial charge in [0, 0.05) is 40.1 Å². The van der Waals surface area contributed by atoms with E-state index >= 15 is 0 Å². The van der Waals surface area contributed by atoms with Gasteiger partial charge in [-0.3, -0.25) is 10.4 Å². The molecular weight excluding hydrogens is 256 g/mol. The Morgan fingerprint density at radius 1 is 1.15 bits per heavy atom. The van der Waals surface area contributed by atoms with E-state index < -0.39 is 0 Å². The number of hydrogen-bond acceptors (Lipinski definition) is 8. The van der Waals surface area contributed by atoms with Gasteiger partial charge in [-0.1, -0.05) is 6.07 Å². The highest BCUT2D eigenvalue weighted by Gasteiger charge is 2.11. The lowest BCUT2D eigenvalue weighted by molar-refractivity contribution is 0.839. The molecule has 0 aliphatic heterocycles. The molecule has 8 heteroatoms. The van der Waals surface area contributed by atoms with Crippen molar-refractivity contribution in [1.29, 1.82) is 0 Å². The number of nitrogens with two attached hydrogens (primary N) is 1. The third-order valence-corrected chi connectivity index (χ3v) is 2.62. The predicted octanol–water partition coefficient (Wildman–Crippen LogP) is 0.255. The van der Waals surface area contributed by atoms with E-state index in [-0.39, 0.29) is 0 Å². The van der Waals surface area contributed by atoms with Crippen LogP contribution in [0.15, 0.2) is 24.5 Å². The van der Waals surface area contributed by atoms with Crippen LogP contribution in [0.25, 0.3) is 0 Å². The molecule has 2 aromatic heterocycles. The summed E-state index contributed by atoms with van der Waals surface area (Å²) in [6, 6.07) is 3.90. The third kappa shape index (κ3) is 3.29. The van der Waals surface area contributed by atoms with Crippen LogP contribution in [0.3, 0.4) is 0 Å². The Bertz CT molecular complexity index is 557. The topological polar surface area (TPSA) is 96.1 Å². The minimum Gasteiger partial charge on any atom is -0.347 e. The normalized spacial score (nSPS) is 10.2. The van der Waals surface area contributed by atoms with Gasteiger partial charge in [0.2, 0.25) is 17.8 Å². The molecule has 106 valence electrons. The van der Waals surface area contributed by atoms with Crippen molar-refractivity contribution in [2.75, 3.05) is 36.4 Å². The maximum Gasteiger partial charge on any atom is 0.243 e. The van der Waals surface area contributed by atoms with Crippen LogP contribution in [-0.4, -0.2) is 41.1 Å². The Morgan fingerprint density at radius 2 is 1.90 bits per heavy atom. The summed E-state index contributed by atoms with van der Waals surface area (Å²) in [5, 5.41) is 0. The molecule has 0 radical (unpaired) electrons. The van der Waals surface area contributed by atoms with Crippen molar-refractivity contribution in [3.8, 4) is 0 Å². The largest absolute Gasteiger partial charge is 0.347 e. The quantitative estimate of drug-likeness (QED) is 0.592. The molecule has 2 heterocycles. The fraction of sp³-hybridized carbons (Fsp3) is 0.333. The van der Waals surface area contributed by atoms with Crippen molar-refractivity contribution < 1.29 is 0 Å². The zero-order chi connectivity index (χ0) is 14.5. The monoisotopic (exact) mass is 274 g/mol. The number of rotatable bonds is 5. The molecule has 20 heavy (non-hydrogen) atoms. The van der Waals surface area contributed by atoms with E-state index in [0.717, 1.165) is 5.56 Å². The lowest BCUT2D eigenvalue weighted by Crippen LogP contribution is -2.24. The third-order valence-electron chi connectivity index (χ3n) is 2.62. The molecule has 0 saturated heterocycles. The summed E-state index contributed by atoms with van der Waals surface area (Å²) in [4.78, 5) is 20.6. The molecule has 0 amide bonds. The highest BCUT2D eigenvalue weighted by atomic mass is 15.4. The van der Waals surface area contributed by atoms with Gasteiger partial charge in [-0.25, -0.2) is 5.84 Å². The fourth-order valence-corrected chi connectivity index (χ4v) is 1.63. The standard InChI is InChI=1S/C12H18N8/c1-19(2)11-15-10(18-13)16-12(17-11)20(3)8-9-5-4-6-14-7-9/h4-7H,8,13H2,1-3H3,(H,15,16,17,18). The minimum absolute atomic E-state index is 0.330. The van der Waals surface area contributed by atoms with Crippen LogP contribution < -0.4 is 21.1 Å². The minimum atomic E-state index is 0.330. The van der Waals surface area contributed by atoms with Gasteiger partial charge in [0.15, 0.2) is 0 Å². The Balaban J connectivity index is 2.24. The molecule has 2 aromatic rings. The summed E-state index contributed by atoms with van der Waals surface area (Å²) >= 11 is 0. The number of aromatic nitrogens is 4. The molecule has 0 aromatic carbocycles. The second kappa shape index (κ2) is 6.11. The SMILES string of the molecule is CN(C)c1nc(NN)nc(N(C)Cc2cccnc2)n1. The first kappa shape index (κ1) is 13.9. The van der Waals surface area contributed by atoms with E-state index in [1.54, 1.807) is 11.1 Å². The lowest BCUT2D eigenvalue weighted by atomic mass is 10.3. The fourth-order valence-electron chi connectivity index (χ4n) is 1.63. The first-order chi connectivity index (χ1) is 9.60. The van der Waals surface area contributed by atoms with E-state index in [4.69, 9.17) is 5.84 Å². The summed E-state index contributed by atoms with van der Waals surface area (Å²) in [6.45, 7) is 0.648. The summed E-state index contributed by atoms with van der Waals surface area (Å²) in [7, 11) is 5.63. The van der Waals surface area contributed by atoms with Crippen molar-refractivity contribution in [2.45, 2.75) is 6.54 Å². The molecule has 0 aliphatic carbocycles. The first-order valence-electron chi connectivity index (χ1n) is 6.10. The number of nitrogens with zero attached hydrogens (tertiary/aromatic N) is 6. The predicted molar refractivity (Wildman–Crippen MR) is 78.3 cm³/mol. The molecular formula is C12H18N8. The van der Waals surface area contributed by atoms with Crippen LogP contribution in [0.5, 0.6) is 0 Å². The van der Waals surface area contributed by atoms with Crippen LogP contribution in [0.2, 0.25) is 0 Å². The molecule has 2 rings (SSSR count). The zero-order valence-electron chi connectivity index (χ0n) is 11.8. The van der Waals surface area contributed by atoms with Crippen LogP contribution >= 0.6 is 0 Å². The number of hydrazine groups is 1. The number of pyridine rings is 1. The van der Waals surface area contributed by atoms with E-state index in [1.165, 1.54) is 0 Å². The second-order valence-corrected chi connectivity index (χ2v) is 4.52. The average Bonchev–Trinajstić information content (AvgIpc) is 2.47. The van der Waals surface area contributed by atoms with Crippen molar-refractivity contribution >= 4 is 17.8 Å². The van der Waals surface area contributed by atoms with Crippen LogP contribution in [-0.2, 0) is 6.54 Å². The Labute approximate surface area is 117 Å². The Hall–Kier alpha value is -2.48. The summed E-state index contributed by atoms with van der Waals surface area (Å²) < 4.78 is 0. The molecule has 0 atom stereocenters. The number of nitrogen functional groups attached to an aromatic ring is 1. The molecule has 0 aliphatic rings. The van der Waals surface area contributed by atoms with Crippen molar-refractivity contribution in [3.05, 3.63) is 30.1 Å². The van der Waals surface area contributed by atoms with Gasteiger partial charge < -0.3 is 9.80 Å². The van der Waals surface area contributed by atoms with Gasteiger partial charge in [-0.2, -0.15) is 15.0 Å². The summed E-state index contributed by atoms with van der Waals surface area (Å²) in [6.07, 6.45) is 3.56. The van der Waals surface area contributed by atoms with E-state index in [1.807, 2.05) is 44.4 Å². The second-order valence-electron chi connectivity index (χ2n) is 4.52. The zero-order valence-corrected chi connectivity index (χ0v) is 11.8. The average molecular weight is 274 g/mol. The number of hydrogen-bond donors (Lipinski definition) is 2. The first-order valence-corrected chi connectivity index (χ1v) is 6.10. The summed E-state index contributed by atoms with van der Waals surface area (Å²) in [5.74, 6) is 6.81. The molecule has 3 N–H and O–H groups in total. The summed E-state index contributed by atoms with van der Waals surface area (Å²) in [5.41, 5.74) is 3.53. The van der Waals surface area contributed by atoms with Gasteiger partial charge in [0.1, 0.15) is 0 Å². The van der Waals surface area contributed by atoms with E-state index in [0.29, 0.717) is 24.4 Å². The number of nitrogens with one attached hydrogen (secondary N) is 1. The van der Waals surface area contributed by atoms with Gasteiger partial charge in [-0.15, -0.1) is 0 Å². The van der Waals surface area contributed by atoms with E-state index in [2.05, 4.69) is 25.4 Å². The highest BCUT2D eigenvalue weighted by Crippen LogP contribution is 2.15. The van der Waals surface area contributed by atoms with Crippen molar-refractivity contribution in [1.82, 2.24) is 19.9 Å². The molecule has 0 saturated carbocycles. The van der Waals surface area contributed by atoms with Crippen molar-refractivity contribution in [3.63, 3.8) is 0 Å². The Morgan fingerprint density at radius 3 is 2.50 bits per heavy atom. The smallest absolute Gasteiger partial charge is 0.243 e. The lowest BCUT2D eigenvalue weighted by Gasteiger charge is -2.19.